The minimum absolute atomic E-state index is 0.195. The van der Waals surface area contributed by atoms with Crippen molar-refractivity contribution in [2.45, 2.75) is 26.2 Å². The molecule has 0 aliphatic heterocycles. The van der Waals surface area contributed by atoms with E-state index in [2.05, 4.69) is 61.1 Å². The van der Waals surface area contributed by atoms with E-state index < -0.39 is 0 Å². The molecule has 2 heterocycles. The van der Waals surface area contributed by atoms with E-state index in [1.165, 1.54) is 22.1 Å². The summed E-state index contributed by atoms with van der Waals surface area (Å²) in [6.45, 7) is 6.70. The number of benzene rings is 1. The van der Waals surface area contributed by atoms with Gasteiger partial charge in [0.2, 0.25) is 0 Å². The lowest BCUT2D eigenvalue weighted by atomic mass is 9.86. The zero-order chi connectivity index (χ0) is 13.5. The van der Waals surface area contributed by atoms with Crippen LogP contribution in [0.1, 0.15) is 26.3 Å². The third-order valence-corrected chi connectivity index (χ3v) is 3.51. The normalized spacial score (nSPS) is 11.9. The molecule has 0 atom stereocenters. The van der Waals surface area contributed by atoms with E-state index in [0.717, 1.165) is 5.65 Å². The second kappa shape index (κ2) is 4.23. The maximum atomic E-state index is 4.33. The van der Waals surface area contributed by atoms with Gasteiger partial charge in [-0.1, -0.05) is 45.0 Å². The Kier molecular flexibility index (Phi) is 2.67. The van der Waals surface area contributed by atoms with E-state index in [-0.39, 0.29) is 5.41 Å². The summed E-state index contributed by atoms with van der Waals surface area (Å²) in [4.78, 5) is 7.55. The number of nitrogens with zero attached hydrogens (tertiary/aromatic N) is 1. The van der Waals surface area contributed by atoms with Gasteiger partial charge in [-0.15, -0.1) is 0 Å². The molecule has 0 fully saturated rings. The number of hydrogen-bond donors (Lipinski definition) is 1. The molecule has 0 spiro atoms. The van der Waals surface area contributed by atoms with Crippen molar-refractivity contribution < 1.29 is 0 Å². The van der Waals surface area contributed by atoms with Crippen molar-refractivity contribution in [2.24, 2.45) is 0 Å². The average molecular weight is 250 g/mol. The van der Waals surface area contributed by atoms with Gasteiger partial charge in [-0.3, -0.25) is 0 Å². The molecule has 0 saturated carbocycles. The maximum absolute atomic E-state index is 4.33. The van der Waals surface area contributed by atoms with Gasteiger partial charge in [-0.05, 0) is 28.7 Å². The topological polar surface area (TPSA) is 28.7 Å². The van der Waals surface area contributed by atoms with Crippen LogP contribution in [0.15, 0.2) is 48.8 Å². The summed E-state index contributed by atoms with van der Waals surface area (Å²) in [5, 5.41) is 1.17. The molecule has 0 amide bonds. The van der Waals surface area contributed by atoms with Crippen molar-refractivity contribution in [3.63, 3.8) is 0 Å². The lowest BCUT2D eigenvalue weighted by molar-refractivity contribution is 0.590. The molecule has 0 radical (unpaired) electrons. The molecule has 2 heteroatoms. The minimum atomic E-state index is 0.195. The van der Waals surface area contributed by atoms with Crippen LogP contribution < -0.4 is 0 Å². The van der Waals surface area contributed by atoms with Gasteiger partial charge in [-0.2, -0.15) is 0 Å². The Balaban J connectivity index is 2.07. The lowest BCUT2D eigenvalue weighted by Gasteiger charge is -2.19. The number of rotatable bonds is 1. The van der Waals surface area contributed by atoms with Crippen LogP contribution in [0.25, 0.3) is 22.2 Å². The summed E-state index contributed by atoms with van der Waals surface area (Å²) < 4.78 is 0. The molecule has 19 heavy (non-hydrogen) atoms. The summed E-state index contributed by atoms with van der Waals surface area (Å²) in [5.74, 6) is 0. The van der Waals surface area contributed by atoms with Crippen LogP contribution in [0, 0.1) is 0 Å². The molecule has 0 bridgehead atoms. The number of fused-ring (bicyclic) bond motifs is 1. The summed E-state index contributed by atoms with van der Waals surface area (Å²) in [6, 6.07) is 12.9. The van der Waals surface area contributed by atoms with Gasteiger partial charge in [0.25, 0.3) is 0 Å². The molecule has 1 N–H and O–H groups in total. The predicted octanol–water partition coefficient (Wildman–Crippen LogP) is 4.53. The number of pyridine rings is 1. The molecule has 0 aliphatic rings. The fourth-order valence-corrected chi connectivity index (χ4v) is 2.34. The predicted molar refractivity (Wildman–Crippen MR) is 80.2 cm³/mol. The third-order valence-electron chi connectivity index (χ3n) is 3.51. The molecule has 0 unspecified atom stereocenters. The molecule has 96 valence electrons. The smallest absolute Gasteiger partial charge is 0.137 e. The van der Waals surface area contributed by atoms with Crippen LogP contribution in [-0.4, -0.2) is 9.97 Å². The highest BCUT2D eigenvalue weighted by atomic mass is 14.8. The second-order valence-corrected chi connectivity index (χ2v) is 5.93. The van der Waals surface area contributed by atoms with Crippen LogP contribution in [0.5, 0.6) is 0 Å². The average Bonchev–Trinajstić information content (AvgIpc) is 2.82. The van der Waals surface area contributed by atoms with E-state index in [1.54, 1.807) is 0 Å². The Morgan fingerprint density at radius 2 is 1.74 bits per heavy atom. The fraction of sp³-hybridized carbons (Fsp3) is 0.235. The Bertz CT molecular complexity index is 700. The Morgan fingerprint density at radius 1 is 1.00 bits per heavy atom. The molecular weight excluding hydrogens is 232 g/mol. The molecule has 3 aromatic rings. The summed E-state index contributed by atoms with van der Waals surface area (Å²) in [7, 11) is 0. The molecule has 2 aromatic heterocycles. The maximum Gasteiger partial charge on any atom is 0.137 e. The van der Waals surface area contributed by atoms with E-state index in [1.807, 2.05) is 18.5 Å². The van der Waals surface area contributed by atoms with E-state index >= 15 is 0 Å². The third kappa shape index (κ3) is 2.14. The van der Waals surface area contributed by atoms with Crippen molar-refractivity contribution in [2.75, 3.05) is 0 Å². The first-order chi connectivity index (χ1) is 9.05. The molecule has 1 aromatic carbocycles. The Morgan fingerprint density at radius 3 is 2.42 bits per heavy atom. The molecule has 0 saturated heterocycles. The van der Waals surface area contributed by atoms with Gasteiger partial charge >= 0.3 is 0 Å². The zero-order valence-electron chi connectivity index (χ0n) is 11.6. The number of hydrogen-bond acceptors (Lipinski definition) is 1. The summed E-state index contributed by atoms with van der Waals surface area (Å²) in [6.07, 6.45) is 3.84. The first kappa shape index (κ1) is 12.0. The van der Waals surface area contributed by atoms with Gasteiger partial charge in [0, 0.05) is 23.3 Å². The standard InChI is InChI=1S/C17H18N2/c1-17(2,3)13-8-6-12(7-9-13)15-11-19-16-14(15)5-4-10-18-16/h4-11H,1-3H3,(H,18,19). The van der Waals surface area contributed by atoms with Gasteiger partial charge in [0.05, 0.1) is 0 Å². The van der Waals surface area contributed by atoms with Crippen molar-refractivity contribution >= 4 is 11.0 Å². The highest BCUT2D eigenvalue weighted by Gasteiger charge is 2.13. The van der Waals surface area contributed by atoms with Gasteiger partial charge < -0.3 is 4.98 Å². The van der Waals surface area contributed by atoms with Crippen LogP contribution in [-0.2, 0) is 5.41 Å². The van der Waals surface area contributed by atoms with Crippen molar-refractivity contribution in [1.82, 2.24) is 9.97 Å². The summed E-state index contributed by atoms with van der Waals surface area (Å²) in [5.41, 5.74) is 4.93. The number of aromatic amines is 1. The zero-order valence-corrected chi connectivity index (χ0v) is 11.6. The summed E-state index contributed by atoms with van der Waals surface area (Å²) >= 11 is 0. The molecule has 3 rings (SSSR count). The Hall–Kier alpha value is -2.09. The first-order valence-electron chi connectivity index (χ1n) is 6.59. The molecule has 0 aliphatic carbocycles. The molecular formula is C17H18N2. The van der Waals surface area contributed by atoms with Crippen molar-refractivity contribution in [3.05, 3.63) is 54.4 Å². The fourth-order valence-electron chi connectivity index (χ4n) is 2.34. The van der Waals surface area contributed by atoms with Crippen LogP contribution in [0.4, 0.5) is 0 Å². The van der Waals surface area contributed by atoms with Crippen LogP contribution in [0.3, 0.4) is 0 Å². The molecule has 2 nitrogen and oxygen atoms in total. The SMILES string of the molecule is CC(C)(C)c1ccc(-c2c[nH]c3ncccc23)cc1. The van der Waals surface area contributed by atoms with E-state index in [9.17, 15) is 0 Å². The van der Waals surface area contributed by atoms with Crippen LogP contribution >= 0.6 is 0 Å². The largest absolute Gasteiger partial charge is 0.346 e. The number of aromatic nitrogens is 2. The van der Waals surface area contributed by atoms with Gasteiger partial charge in [0.15, 0.2) is 0 Å². The number of H-pyrrole nitrogens is 1. The van der Waals surface area contributed by atoms with Crippen molar-refractivity contribution in [1.29, 1.82) is 0 Å². The van der Waals surface area contributed by atoms with Crippen molar-refractivity contribution in [3.8, 4) is 11.1 Å². The number of nitrogens with one attached hydrogen (secondary N) is 1. The lowest BCUT2D eigenvalue weighted by Crippen LogP contribution is -2.10. The Labute approximate surface area is 113 Å². The van der Waals surface area contributed by atoms with E-state index in [4.69, 9.17) is 0 Å². The van der Waals surface area contributed by atoms with E-state index in [0.29, 0.717) is 0 Å². The quantitative estimate of drug-likeness (QED) is 0.675. The van der Waals surface area contributed by atoms with Gasteiger partial charge in [0.1, 0.15) is 5.65 Å². The monoisotopic (exact) mass is 250 g/mol. The van der Waals surface area contributed by atoms with Crippen LogP contribution in [0.2, 0.25) is 0 Å². The highest BCUT2D eigenvalue weighted by Crippen LogP contribution is 2.30. The van der Waals surface area contributed by atoms with Gasteiger partial charge in [-0.25, -0.2) is 4.98 Å². The highest BCUT2D eigenvalue weighted by molar-refractivity contribution is 5.93. The first-order valence-corrected chi connectivity index (χ1v) is 6.59. The minimum Gasteiger partial charge on any atom is -0.346 e. The second-order valence-electron chi connectivity index (χ2n) is 5.93.